The molecular formula is C19H26N2. The SMILES string of the molecule is Cc1ccccc1CN(C)CC(C)(CN)c1ccccc1. The molecular weight excluding hydrogens is 256 g/mol. The molecule has 0 amide bonds. The minimum absolute atomic E-state index is 0.0152. The predicted octanol–water partition coefficient (Wildman–Crippen LogP) is 3.34. The Bertz CT molecular complexity index is 565. The van der Waals surface area contributed by atoms with E-state index in [1.807, 2.05) is 0 Å². The van der Waals surface area contributed by atoms with E-state index in [9.17, 15) is 0 Å². The van der Waals surface area contributed by atoms with E-state index in [-0.39, 0.29) is 5.41 Å². The molecule has 0 bridgehead atoms. The minimum atomic E-state index is -0.0152. The van der Waals surface area contributed by atoms with Crippen LogP contribution in [-0.4, -0.2) is 25.0 Å². The van der Waals surface area contributed by atoms with Gasteiger partial charge in [-0.05, 0) is 30.7 Å². The van der Waals surface area contributed by atoms with Crippen molar-refractivity contribution in [3.63, 3.8) is 0 Å². The first-order valence-electron chi connectivity index (χ1n) is 7.54. The van der Waals surface area contributed by atoms with Crippen molar-refractivity contribution in [1.29, 1.82) is 0 Å². The fraction of sp³-hybridized carbons (Fsp3) is 0.368. The molecule has 1 unspecified atom stereocenters. The lowest BCUT2D eigenvalue weighted by Crippen LogP contribution is -2.42. The average molecular weight is 282 g/mol. The zero-order chi connectivity index (χ0) is 15.3. The van der Waals surface area contributed by atoms with E-state index < -0.39 is 0 Å². The number of nitrogens with zero attached hydrogens (tertiary/aromatic N) is 1. The van der Waals surface area contributed by atoms with Crippen LogP contribution in [0.4, 0.5) is 0 Å². The molecule has 0 saturated carbocycles. The number of hydrogen-bond donors (Lipinski definition) is 1. The van der Waals surface area contributed by atoms with E-state index in [0.717, 1.165) is 13.1 Å². The maximum absolute atomic E-state index is 6.08. The summed E-state index contributed by atoms with van der Waals surface area (Å²) < 4.78 is 0. The molecule has 0 radical (unpaired) electrons. The van der Waals surface area contributed by atoms with Gasteiger partial charge in [-0.1, -0.05) is 61.5 Å². The minimum Gasteiger partial charge on any atom is -0.330 e. The zero-order valence-corrected chi connectivity index (χ0v) is 13.3. The first kappa shape index (κ1) is 15.7. The fourth-order valence-corrected chi connectivity index (χ4v) is 2.84. The number of nitrogens with two attached hydrogens (primary N) is 1. The van der Waals surface area contributed by atoms with Crippen molar-refractivity contribution in [3.05, 3.63) is 71.3 Å². The molecule has 112 valence electrons. The van der Waals surface area contributed by atoms with Gasteiger partial charge in [0.25, 0.3) is 0 Å². The molecule has 2 nitrogen and oxygen atoms in total. The Hall–Kier alpha value is -1.64. The summed E-state index contributed by atoms with van der Waals surface area (Å²) in [4.78, 5) is 2.36. The molecule has 0 heterocycles. The molecule has 0 aliphatic rings. The molecule has 2 N–H and O–H groups in total. The summed E-state index contributed by atoms with van der Waals surface area (Å²) in [5.41, 5.74) is 10.1. The van der Waals surface area contributed by atoms with Gasteiger partial charge in [0.2, 0.25) is 0 Å². The van der Waals surface area contributed by atoms with Crippen LogP contribution >= 0.6 is 0 Å². The number of benzene rings is 2. The average Bonchev–Trinajstić information content (AvgIpc) is 2.50. The van der Waals surface area contributed by atoms with Crippen LogP contribution in [0.1, 0.15) is 23.6 Å². The highest BCUT2D eigenvalue weighted by atomic mass is 15.1. The standard InChI is InChI=1S/C19H26N2/c1-16-9-7-8-10-17(16)13-21(3)15-19(2,14-20)18-11-5-4-6-12-18/h4-12H,13-15,20H2,1-3H3. The summed E-state index contributed by atoms with van der Waals surface area (Å²) in [6, 6.07) is 19.1. The molecule has 2 rings (SSSR count). The van der Waals surface area contributed by atoms with Crippen LogP contribution in [0, 0.1) is 6.92 Å². The second kappa shape index (κ2) is 6.88. The number of rotatable bonds is 6. The van der Waals surface area contributed by atoms with Crippen LogP contribution in [0.25, 0.3) is 0 Å². The van der Waals surface area contributed by atoms with Crippen LogP contribution in [0.5, 0.6) is 0 Å². The summed E-state index contributed by atoms with van der Waals surface area (Å²) in [6.45, 7) is 6.96. The van der Waals surface area contributed by atoms with Gasteiger partial charge in [0.1, 0.15) is 0 Å². The maximum atomic E-state index is 6.08. The van der Waals surface area contributed by atoms with E-state index in [2.05, 4.69) is 80.4 Å². The number of hydrogen-bond acceptors (Lipinski definition) is 2. The van der Waals surface area contributed by atoms with E-state index in [1.165, 1.54) is 16.7 Å². The summed E-state index contributed by atoms with van der Waals surface area (Å²) >= 11 is 0. The zero-order valence-electron chi connectivity index (χ0n) is 13.3. The quantitative estimate of drug-likeness (QED) is 0.880. The second-order valence-electron chi connectivity index (χ2n) is 6.23. The van der Waals surface area contributed by atoms with E-state index in [1.54, 1.807) is 0 Å². The third-order valence-corrected chi connectivity index (χ3v) is 4.24. The Labute approximate surface area is 128 Å². The normalized spacial score (nSPS) is 14.1. The molecule has 0 aliphatic carbocycles. The third kappa shape index (κ3) is 3.93. The smallest absolute Gasteiger partial charge is 0.0233 e. The maximum Gasteiger partial charge on any atom is 0.0233 e. The lowest BCUT2D eigenvalue weighted by Gasteiger charge is -2.33. The molecule has 0 aliphatic heterocycles. The first-order valence-corrected chi connectivity index (χ1v) is 7.54. The van der Waals surface area contributed by atoms with Gasteiger partial charge in [-0.2, -0.15) is 0 Å². The van der Waals surface area contributed by atoms with Crippen LogP contribution < -0.4 is 5.73 Å². The molecule has 21 heavy (non-hydrogen) atoms. The van der Waals surface area contributed by atoms with Gasteiger partial charge in [0.05, 0.1) is 0 Å². The Morgan fingerprint density at radius 2 is 1.62 bits per heavy atom. The Morgan fingerprint density at radius 1 is 1.00 bits per heavy atom. The van der Waals surface area contributed by atoms with Gasteiger partial charge in [-0.3, -0.25) is 0 Å². The summed E-state index contributed by atoms with van der Waals surface area (Å²) in [7, 11) is 2.17. The van der Waals surface area contributed by atoms with Crippen LogP contribution in [0.2, 0.25) is 0 Å². The summed E-state index contributed by atoms with van der Waals surface area (Å²) in [5.74, 6) is 0. The molecule has 2 aromatic carbocycles. The van der Waals surface area contributed by atoms with Crippen molar-refractivity contribution in [3.8, 4) is 0 Å². The van der Waals surface area contributed by atoms with Crippen molar-refractivity contribution in [2.75, 3.05) is 20.1 Å². The summed E-state index contributed by atoms with van der Waals surface area (Å²) in [5, 5.41) is 0. The van der Waals surface area contributed by atoms with Crippen molar-refractivity contribution in [1.82, 2.24) is 4.90 Å². The first-order chi connectivity index (χ1) is 10.0. The van der Waals surface area contributed by atoms with Gasteiger partial charge in [-0.25, -0.2) is 0 Å². The Kier molecular flexibility index (Phi) is 5.16. The molecule has 0 aromatic heterocycles. The van der Waals surface area contributed by atoms with Gasteiger partial charge >= 0.3 is 0 Å². The van der Waals surface area contributed by atoms with E-state index in [4.69, 9.17) is 5.73 Å². The van der Waals surface area contributed by atoms with Crippen molar-refractivity contribution in [2.24, 2.45) is 5.73 Å². The molecule has 0 saturated heterocycles. The van der Waals surface area contributed by atoms with Crippen molar-refractivity contribution >= 4 is 0 Å². The number of likely N-dealkylation sites (N-methyl/N-ethyl adjacent to an activating group) is 1. The van der Waals surface area contributed by atoms with Crippen LogP contribution in [0.3, 0.4) is 0 Å². The van der Waals surface area contributed by atoms with E-state index >= 15 is 0 Å². The Morgan fingerprint density at radius 3 is 2.24 bits per heavy atom. The molecule has 1 atom stereocenters. The lowest BCUT2D eigenvalue weighted by atomic mass is 9.82. The lowest BCUT2D eigenvalue weighted by molar-refractivity contribution is 0.252. The molecule has 2 heteroatoms. The van der Waals surface area contributed by atoms with Crippen LogP contribution in [-0.2, 0) is 12.0 Å². The van der Waals surface area contributed by atoms with Gasteiger partial charge < -0.3 is 10.6 Å². The third-order valence-electron chi connectivity index (χ3n) is 4.24. The summed E-state index contributed by atoms with van der Waals surface area (Å²) in [6.07, 6.45) is 0. The largest absolute Gasteiger partial charge is 0.330 e. The highest BCUT2D eigenvalue weighted by Crippen LogP contribution is 2.24. The Balaban J connectivity index is 2.10. The van der Waals surface area contributed by atoms with Gasteiger partial charge in [0, 0.05) is 25.0 Å². The monoisotopic (exact) mass is 282 g/mol. The number of aryl methyl sites for hydroxylation is 1. The highest BCUT2D eigenvalue weighted by Gasteiger charge is 2.26. The highest BCUT2D eigenvalue weighted by molar-refractivity contribution is 5.27. The molecule has 0 spiro atoms. The van der Waals surface area contributed by atoms with E-state index in [0.29, 0.717) is 6.54 Å². The predicted molar refractivity (Wildman–Crippen MR) is 90.4 cm³/mol. The van der Waals surface area contributed by atoms with Gasteiger partial charge in [-0.15, -0.1) is 0 Å². The van der Waals surface area contributed by atoms with Gasteiger partial charge in [0.15, 0.2) is 0 Å². The topological polar surface area (TPSA) is 29.3 Å². The van der Waals surface area contributed by atoms with Crippen molar-refractivity contribution in [2.45, 2.75) is 25.8 Å². The fourth-order valence-electron chi connectivity index (χ4n) is 2.84. The second-order valence-corrected chi connectivity index (χ2v) is 6.23. The molecule has 0 fully saturated rings. The molecule has 2 aromatic rings. The van der Waals surface area contributed by atoms with Crippen LogP contribution in [0.15, 0.2) is 54.6 Å². The van der Waals surface area contributed by atoms with Crippen molar-refractivity contribution < 1.29 is 0 Å².